The van der Waals surface area contributed by atoms with Crippen LogP contribution in [0.3, 0.4) is 0 Å². The van der Waals surface area contributed by atoms with Gasteiger partial charge < -0.3 is 9.88 Å². The second-order valence-corrected chi connectivity index (χ2v) is 4.15. The van der Waals surface area contributed by atoms with Crippen LogP contribution in [0.2, 0.25) is 0 Å². The number of hydrogen-bond donors (Lipinski definition) is 1. The Morgan fingerprint density at radius 2 is 2.19 bits per heavy atom. The van der Waals surface area contributed by atoms with E-state index in [2.05, 4.69) is 9.97 Å². The Morgan fingerprint density at radius 1 is 1.38 bits per heavy atom. The molecule has 0 radical (unpaired) electrons. The monoisotopic (exact) mass is 215 g/mol. The quantitative estimate of drug-likeness (QED) is 0.788. The summed E-state index contributed by atoms with van der Waals surface area (Å²) in [5.74, 6) is 0.105. The van der Waals surface area contributed by atoms with Crippen molar-refractivity contribution in [3.63, 3.8) is 0 Å². The van der Waals surface area contributed by atoms with Crippen LogP contribution in [0.5, 0.6) is 0 Å². The third-order valence-electron chi connectivity index (χ3n) is 3.05. The van der Waals surface area contributed by atoms with E-state index in [-0.39, 0.29) is 5.91 Å². The lowest BCUT2D eigenvalue weighted by atomic mass is 10.3. The first-order valence-corrected chi connectivity index (χ1v) is 5.56. The Morgan fingerprint density at radius 3 is 2.94 bits per heavy atom. The van der Waals surface area contributed by atoms with E-state index in [9.17, 15) is 4.79 Å². The number of nitrogens with zero attached hydrogens (tertiary/aromatic N) is 2. The molecule has 0 aliphatic carbocycles. The second kappa shape index (κ2) is 3.63. The molecule has 2 aromatic heterocycles. The third-order valence-corrected chi connectivity index (χ3v) is 3.05. The lowest BCUT2D eigenvalue weighted by Crippen LogP contribution is -2.27. The fraction of sp³-hybridized carbons (Fsp3) is 0.333. The van der Waals surface area contributed by atoms with Gasteiger partial charge in [0.1, 0.15) is 5.69 Å². The van der Waals surface area contributed by atoms with Crippen molar-refractivity contribution in [2.45, 2.75) is 12.8 Å². The number of carbonyl (C=O) groups is 1. The molecular formula is C12H13N3O. The summed E-state index contributed by atoms with van der Waals surface area (Å²) in [6, 6.07) is 3.81. The van der Waals surface area contributed by atoms with Crippen molar-refractivity contribution in [1.82, 2.24) is 14.9 Å². The van der Waals surface area contributed by atoms with E-state index >= 15 is 0 Å². The molecule has 0 aromatic carbocycles. The van der Waals surface area contributed by atoms with Crippen LogP contribution in [0, 0.1) is 0 Å². The number of fused-ring (bicyclic) bond motifs is 1. The summed E-state index contributed by atoms with van der Waals surface area (Å²) in [7, 11) is 0. The van der Waals surface area contributed by atoms with Crippen LogP contribution < -0.4 is 0 Å². The maximum Gasteiger partial charge on any atom is 0.270 e. The van der Waals surface area contributed by atoms with Gasteiger partial charge in [-0.3, -0.25) is 9.78 Å². The highest BCUT2D eigenvalue weighted by molar-refractivity contribution is 5.97. The van der Waals surface area contributed by atoms with Crippen LogP contribution in [-0.2, 0) is 0 Å². The highest BCUT2D eigenvalue weighted by Crippen LogP contribution is 2.17. The molecule has 3 heterocycles. The molecule has 3 rings (SSSR count). The van der Waals surface area contributed by atoms with E-state index < -0.39 is 0 Å². The first-order chi connectivity index (χ1) is 7.84. The molecule has 0 unspecified atom stereocenters. The van der Waals surface area contributed by atoms with Crippen LogP contribution in [0.15, 0.2) is 24.5 Å². The Hall–Kier alpha value is -1.84. The SMILES string of the molecule is O=C(c1cc2ccncc2[nH]1)N1CCCC1. The Labute approximate surface area is 93.3 Å². The maximum absolute atomic E-state index is 12.1. The van der Waals surface area contributed by atoms with E-state index in [4.69, 9.17) is 0 Å². The average Bonchev–Trinajstić information content (AvgIpc) is 2.97. The van der Waals surface area contributed by atoms with Crippen molar-refractivity contribution >= 4 is 16.8 Å². The molecular weight excluding hydrogens is 202 g/mol. The summed E-state index contributed by atoms with van der Waals surface area (Å²) < 4.78 is 0. The Balaban J connectivity index is 1.96. The minimum absolute atomic E-state index is 0.105. The van der Waals surface area contributed by atoms with E-state index in [1.54, 1.807) is 12.4 Å². The Kier molecular flexibility index (Phi) is 2.13. The number of aromatic amines is 1. The molecule has 0 bridgehead atoms. The number of hydrogen-bond acceptors (Lipinski definition) is 2. The zero-order chi connectivity index (χ0) is 11.0. The summed E-state index contributed by atoms with van der Waals surface area (Å²) in [5.41, 5.74) is 1.59. The van der Waals surface area contributed by atoms with Crippen molar-refractivity contribution in [2.75, 3.05) is 13.1 Å². The number of H-pyrrole nitrogens is 1. The van der Waals surface area contributed by atoms with E-state index in [1.165, 1.54) is 0 Å². The lowest BCUT2D eigenvalue weighted by Gasteiger charge is -2.13. The number of aromatic nitrogens is 2. The summed E-state index contributed by atoms with van der Waals surface area (Å²) in [4.78, 5) is 21.1. The van der Waals surface area contributed by atoms with Gasteiger partial charge in [0.15, 0.2) is 0 Å². The molecule has 1 N–H and O–H groups in total. The van der Waals surface area contributed by atoms with Crippen LogP contribution in [0.1, 0.15) is 23.3 Å². The maximum atomic E-state index is 12.1. The minimum Gasteiger partial charge on any atom is -0.349 e. The van der Waals surface area contributed by atoms with Crippen molar-refractivity contribution in [3.8, 4) is 0 Å². The highest BCUT2D eigenvalue weighted by atomic mass is 16.2. The van der Waals surface area contributed by atoms with Gasteiger partial charge in [0.2, 0.25) is 0 Å². The number of amides is 1. The second-order valence-electron chi connectivity index (χ2n) is 4.15. The van der Waals surface area contributed by atoms with Gasteiger partial charge >= 0.3 is 0 Å². The van der Waals surface area contributed by atoms with Gasteiger partial charge in [-0.05, 0) is 25.0 Å². The van der Waals surface area contributed by atoms with E-state index in [1.807, 2.05) is 17.0 Å². The summed E-state index contributed by atoms with van der Waals surface area (Å²) >= 11 is 0. The van der Waals surface area contributed by atoms with Gasteiger partial charge in [0, 0.05) is 24.7 Å². The van der Waals surface area contributed by atoms with E-state index in [0.717, 1.165) is 36.8 Å². The first-order valence-electron chi connectivity index (χ1n) is 5.56. The summed E-state index contributed by atoms with van der Waals surface area (Å²) in [6.45, 7) is 1.76. The van der Waals surface area contributed by atoms with Gasteiger partial charge in [0.25, 0.3) is 5.91 Å². The molecule has 1 aliphatic heterocycles. The molecule has 1 aliphatic rings. The largest absolute Gasteiger partial charge is 0.349 e. The molecule has 82 valence electrons. The predicted molar refractivity (Wildman–Crippen MR) is 61.2 cm³/mol. The molecule has 0 spiro atoms. The van der Waals surface area contributed by atoms with Crippen molar-refractivity contribution < 1.29 is 4.79 Å². The first kappa shape index (κ1) is 9.39. The van der Waals surface area contributed by atoms with Crippen molar-refractivity contribution in [2.24, 2.45) is 0 Å². The van der Waals surface area contributed by atoms with Gasteiger partial charge in [-0.2, -0.15) is 0 Å². The number of likely N-dealkylation sites (tertiary alicyclic amines) is 1. The van der Waals surface area contributed by atoms with Gasteiger partial charge in [-0.15, -0.1) is 0 Å². The van der Waals surface area contributed by atoms with Crippen LogP contribution in [0.25, 0.3) is 10.9 Å². The molecule has 1 amide bonds. The molecule has 1 saturated heterocycles. The number of carbonyl (C=O) groups excluding carboxylic acids is 1. The third kappa shape index (κ3) is 1.46. The minimum atomic E-state index is 0.105. The highest BCUT2D eigenvalue weighted by Gasteiger charge is 2.20. The summed E-state index contributed by atoms with van der Waals surface area (Å²) in [5, 5.41) is 1.04. The summed E-state index contributed by atoms with van der Waals surface area (Å²) in [6.07, 6.45) is 5.72. The fourth-order valence-corrected chi connectivity index (χ4v) is 2.18. The smallest absolute Gasteiger partial charge is 0.270 e. The predicted octanol–water partition coefficient (Wildman–Crippen LogP) is 1.80. The van der Waals surface area contributed by atoms with Gasteiger partial charge in [-0.1, -0.05) is 0 Å². The lowest BCUT2D eigenvalue weighted by molar-refractivity contribution is 0.0788. The zero-order valence-corrected chi connectivity index (χ0v) is 8.94. The molecule has 2 aromatic rings. The molecule has 4 heteroatoms. The van der Waals surface area contributed by atoms with Crippen LogP contribution >= 0.6 is 0 Å². The molecule has 0 saturated carbocycles. The van der Waals surface area contributed by atoms with Gasteiger partial charge in [-0.25, -0.2) is 0 Å². The topological polar surface area (TPSA) is 49.0 Å². The standard InChI is InChI=1S/C12H13N3O/c16-12(15-5-1-2-6-15)10-7-9-3-4-13-8-11(9)14-10/h3-4,7-8,14H,1-2,5-6H2. The fourth-order valence-electron chi connectivity index (χ4n) is 2.18. The number of pyridine rings is 1. The molecule has 1 fully saturated rings. The van der Waals surface area contributed by atoms with E-state index in [0.29, 0.717) is 5.69 Å². The van der Waals surface area contributed by atoms with Gasteiger partial charge in [0.05, 0.1) is 11.7 Å². The zero-order valence-electron chi connectivity index (χ0n) is 8.94. The molecule has 16 heavy (non-hydrogen) atoms. The average molecular weight is 215 g/mol. The Bertz CT molecular complexity index is 493. The van der Waals surface area contributed by atoms with Crippen LogP contribution in [-0.4, -0.2) is 33.9 Å². The number of rotatable bonds is 1. The van der Waals surface area contributed by atoms with Crippen molar-refractivity contribution in [3.05, 3.63) is 30.2 Å². The van der Waals surface area contributed by atoms with Crippen molar-refractivity contribution in [1.29, 1.82) is 0 Å². The van der Waals surface area contributed by atoms with Crippen LogP contribution in [0.4, 0.5) is 0 Å². The number of nitrogens with one attached hydrogen (secondary N) is 1. The molecule has 4 nitrogen and oxygen atoms in total. The normalized spacial score (nSPS) is 15.9. The molecule has 0 atom stereocenters.